The summed E-state index contributed by atoms with van der Waals surface area (Å²) in [5.74, 6) is 1.62. The Kier molecular flexibility index (Phi) is 8.33. The molecule has 0 spiro atoms. The normalized spacial score (nSPS) is 13.6. The lowest BCUT2D eigenvalue weighted by Gasteiger charge is -2.24. The summed E-state index contributed by atoms with van der Waals surface area (Å²) in [6, 6.07) is 68.8. The van der Waals surface area contributed by atoms with Crippen molar-refractivity contribution in [3.63, 3.8) is 0 Å². The quantitative estimate of drug-likeness (QED) is 0.157. The van der Waals surface area contributed by atoms with Crippen LogP contribution in [0.25, 0.3) is 101 Å². The van der Waals surface area contributed by atoms with Crippen LogP contribution in [0.5, 0.6) is 0 Å². The second-order valence-electron chi connectivity index (χ2n) is 17.3. The first-order valence-electron chi connectivity index (χ1n) is 21.7. The number of aromatic nitrogens is 3. The summed E-state index contributed by atoms with van der Waals surface area (Å²) in [5, 5.41) is 14.5. The molecule has 2 aliphatic carbocycles. The van der Waals surface area contributed by atoms with Gasteiger partial charge in [0.1, 0.15) is 0 Å². The van der Waals surface area contributed by atoms with Gasteiger partial charge in [-0.15, -0.1) is 10.2 Å². The summed E-state index contributed by atoms with van der Waals surface area (Å²) >= 11 is 0. The van der Waals surface area contributed by atoms with E-state index >= 15 is 0 Å². The highest BCUT2D eigenvalue weighted by Crippen LogP contribution is 2.53. The van der Waals surface area contributed by atoms with E-state index in [4.69, 9.17) is 10.2 Å². The predicted molar refractivity (Wildman–Crippen MR) is 258 cm³/mol. The molecule has 2 aliphatic rings. The Hall–Kier alpha value is -7.62. The molecule has 0 N–H and O–H groups in total. The SMILES string of the molecule is CC1(C)c2ccccc2-c2cc3c(-c4ccc(-n5c(-c6ccccc6)nnc5-c5ccccc5)cc4)c4ccccc4c(-c4cccc(-c5cccc6c5C=CCC6)c4)c3cc21. The van der Waals surface area contributed by atoms with Crippen molar-refractivity contribution < 1.29 is 0 Å². The van der Waals surface area contributed by atoms with E-state index in [1.165, 1.54) is 88.3 Å². The molecule has 294 valence electrons. The van der Waals surface area contributed by atoms with Crippen molar-refractivity contribution in [3.05, 3.63) is 216 Å². The van der Waals surface area contributed by atoms with Crippen molar-refractivity contribution in [3.8, 4) is 73.0 Å². The van der Waals surface area contributed by atoms with Gasteiger partial charge in [-0.25, -0.2) is 0 Å². The minimum Gasteiger partial charge on any atom is -0.275 e. The maximum atomic E-state index is 4.76. The molecular weight excluding hydrogens is 751 g/mol. The van der Waals surface area contributed by atoms with Gasteiger partial charge in [0, 0.05) is 22.2 Å². The Morgan fingerprint density at radius 1 is 0.435 bits per heavy atom. The zero-order valence-corrected chi connectivity index (χ0v) is 34.8. The van der Waals surface area contributed by atoms with Crippen LogP contribution in [0.3, 0.4) is 0 Å². The van der Waals surface area contributed by atoms with Gasteiger partial charge in [0.2, 0.25) is 0 Å². The maximum absolute atomic E-state index is 4.76. The summed E-state index contributed by atoms with van der Waals surface area (Å²) < 4.78 is 2.19. The van der Waals surface area contributed by atoms with E-state index in [0.717, 1.165) is 41.3 Å². The molecule has 0 amide bonds. The molecule has 0 saturated carbocycles. The van der Waals surface area contributed by atoms with Gasteiger partial charge in [-0.05, 0) is 131 Å². The van der Waals surface area contributed by atoms with E-state index in [1.54, 1.807) is 0 Å². The van der Waals surface area contributed by atoms with Crippen LogP contribution in [0.2, 0.25) is 0 Å². The molecule has 3 heteroatoms. The molecule has 10 aromatic rings. The molecular formula is C59H43N3. The number of hydrogen-bond donors (Lipinski definition) is 0. The fourth-order valence-electron chi connectivity index (χ4n) is 10.4. The van der Waals surface area contributed by atoms with Gasteiger partial charge in [-0.1, -0.05) is 184 Å². The van der Waals surface area contributed by atoms with Crippen molar-refractivity contribution in [2.24, 2.45) is 0 Å². The molecule has 12 rings (SSSR count). The fraction of sp³-hybridized carbons (Fsp3) is 0.0847. The highest BCUT2D eigenvalue weighted by atomic mass is 15.3. The van der Waals surface area contributed by atoms with Crippen LogP contribution in [-0.2, 0) is 11.8 Å². The number of allylic oxidation sites excluding steroid dienone is 1. The molecule has 0 saturated heterocycles. The Bertz CT molecular complexity index is 3350. The lowest BCUT2D eigenvalue weighted by Crippen LogP contribution is -2.14. The average Bonchev–Trinajstić information content (AvgIpc) is 3.87. The van der Waals surface area contributed by atoms with Crippen LogP contribution in [-0.4, -0.2) is 14.8 Å². The summed E-state index contributed by atoms with van der Waals surface area (Å²) in [7, 11) is 0. The number of rotatable bonds is 6. The lowest BCUT2D eigenvalue weighted by molar-refractivity contribution is 0.661. The smallest absolute Gasteiger partial charge is 0.168 e. The Morgan fingerprint density at radius 2 is 1.02 bits per heavy atom. The summed E-state index contributed by atoms with van der Waals surface area (Å²) in [5.41, 5.74) is 18.5. The van der Waals surface area contributed by atoms with Crippen molar-refractivity contribution in [1.82, 2.24) is 14.8 Å². The Morgan fingerprint density at radius 3 is 1.74 bits per heavy atom. The number of fused-ring (bicyclic) bond motifs is 6. The van der Waals surface area contributed by atoms with Gasteiger partial charge in [0.15, 0.2) is 11.6 Å². The van der Waals surface area contributed by atoms with E-state index < -0.39 is 0 Å². The van der Waals surface area contributed by atoms with Crippen LogP contribution < -0.4 is 0 Å². The Balaban J connectivity index is 1.10. The minimum absolute atomic E-state index is 0.145. The molecule has 1 aromatic heterocycles. The third kappa shape index (κ3) is 5.65. The van der Waals surface area contributed by atoms with Gasteiger partial charge < -0.3 is 0 Å². The lowest BCUT2D eigenvalue weighted by atomic mass is 9.79. The third-order valence-electron chi connectivity index (χ3n) is 13.4. The molecule has 0 atom stereocenters. The Labute approximate surface area is 362 Å². The first-order chi connectivity index (χ1) is 30.5. The number of nitrogens with zero attached hydrogens (tertiary/aromatic N) is 3. The van der Waals surface area contributed by atoms with Gasteiger partial charge in [-0.3, -0.25) is 4.57 Å². The molecule has 0 radical (unpaired) electrons. The van der Waals surface area contributed by atoms with Gasteiger partial charge >= 0.3 is 0 Å². The van der Waals surface area contributed by atoms with Crippen molar-refractivity contribution in [2.75, 3.05) is 0 Å². The number of hydrogen-bond acceptors (Lipinski definition) is 2. The number of aryl methyl sites for hydroxylation is 1. The van der Waals surface area contributed by atoms with E-state index in [2.05, 4.69) is 206 Å². The highest BCUT2D eigenvalue weighted by Gasteiger charge is 2.36. The molecule has 0 fully saturated rings. The van der Waals surface area contributed by atoms with Crippen molar-refractivity contribution in [2.45, 2.75) is 32.1 Å². The third-order valence-corrected chi connectivity index (χ3v) is 13.4. The summed E-state index contributed by atoms with van der Waals surface area (Å²) in [6.07, 6.45) is 6.82. The zero-order chi connectivity index (χ0) is 41.4. The largest absolute Gasteiger partial charge is 0.275 e. The second kappa shape index (κ2) is 14.2. The highest BCUT2D eigenvalue weighted by molar-refractivity contribution is 6.22. The summed E-state index contributed by atoms with van der Waals surface area (Å²) in [6.45, 7) is 4.77. The van der Waals surface area contributed by atoms with Gasteiger partial charge in [0.25, 0.3) is 0 Å². The molecule has 3 nitrogen and oxygen atoms in total. The predicted octanol–water partition coefficient (Wildman–Crippen LogP) is 15.2. The average molecular weight is 794 g/mol. The topological polar surface area (TPSA) is 30.7 Å². The zero-order valence-electron chi connectivity index (χ0n) is 34.8. The van der Waals surface area contributed by atoms with E-state index in [-0.39, 0.29) is 5.41 Å². The molecule has 0 aliphatic heterocycles. The van der Waals surface area contributed by atoms with Crippen LogP contribution >= 0.6 is 0 Å². The van der Waals surface area contributed by atoms with Crippen LogP contribution in [0.1, 0.15) is 42.5 Å². The number of benzene rings is 9. The molecule has 0 bridgehead atoms. The molecule has 9 aromatic carbocycles. The minimum atomic E-state index is -0.145. The van der Waals surface area contributed by atoms with Crippen LogP contribution in [0.15, 0.2) is 194 Å². The monoisotopic (exact) mass is 793 g/mol. The second-order valence-corrected chi connectivity index (χ2v) is 17.3. The van der Waals surface area contributed by atoms with Crippen LogP contribution in [0.4, 0.5) is 0 Å². The molecule has 0 unspecified atom stereocenters. The molecule has 62 heavy (non-hydrogen) atoms. The van der Waals surface area contributed by atoms with E-state index in [0.29, 0.717) is 0 Å². The van der Waals surface area contributed by atoms with Gasteiger partial charge in [0.05, 0.1) is 0 Å². The van der Waals surface area contributed by atoms with Crippen LogP contribution in [0, 0.1) is 0 Å². The van der Waals surface area contributed by atoms with E-state index in [9.17, 15) is 0 Å². The van der Waals surface area contributed by atoms with Crippen molar-refractivity contribution in [1.29, 1.82) is 0 Å². The van der Waals surface area contributed by atoms with Gasteiger partial charge in [-0.2, -0.15) is 0 Å². The fourth-order valence-corrected chi connectivity index (χ4v) is 10.4. The molecule has 1 heterocycles. The first-order valence-corrected chi connectivity index (χ1v) is 21.7. The first kappa shape index (κ1) is 36.2. The summed E-state index contributed by atoms with van der Waals surface area (Å²) in [4.78, 5) is 0. The standard InChI is InChI=1S/C59H43N3/c1-59(2)53-30-14-13-26-47(53)50-36-51-52(37-54(50)59)56(43-24-15-23-42(35-43)46-29-16-22-38-17-9-10-25-45(38)46)49-28-12-11-27-48(49)55(51)39-31-33-44(34-32-39)62-57(40-18-5-3-6-19-40)60-61-58(62)41-20-7-4-8-21-41/h3-8,10-16,18-37H,9,17H2,1-2H3. The van der Waals surface area contributed by atoms with E-state index in [1.807, 2.05) is 12.1 Å². The maximum Gasteiger partial charge on any atom is 0.168 e. The van der Waals surface area contributed by atoms with Crippen molar-refractivity contribution >= 4 is 27.6 Å².